The molecule has 1 aliphatic rings. The van der Waals surface area contributed by atoms with Crippen LogP contribution in [0, 0.1) is 0 Å². The molecule has 0 aliphatic carbocycles. The molecule has 0 N–H and O–H groups in total. The van der Waals surface area contributed by atoms with Crippen LogP contribution in [-0.2, 0) is 4.57 Å². The van der Waals surface area contributed by atoms with Crippen LogP contribution < -0.4 is 20.8 Å². The Morgan fingerprint density at radius 3 is 1.70 bits per heavy atom. The molecule has 0 saturated heterocycles. The fourth-order valence-electron chi connectivity index (χ4n) is 6.24. The second-order valence-electron chi connectivity index (χ2n) is 10.1. The van der Waals surface area contributed by atoms with Crippen molar-refractivity contribution in [1.82, 2.24) is 4.57 Å². The minimum atomic E-state index is -3.21. The summed E-state index contributed by atoms with van der Waals surface area (Å²) >= 11 is 0. The summed E-state index contributed by atoms with van der Waals surface area (Å²) in [5, 5.41) is 4.96. The van der Waals surface area contributed by atoms with Gasteiger partial charge >= 0.3 is 0 Å². The van der Waals surface area contributed by atoms with E-state index in [4.69, 9.17) is 0 Å². The highest BCUT2D eigenvalue weighted by atomic mass is 31.2. The number of nitrogens with zero attached hydrogens (tertiary/aromatic N) is 2. The van der Waals surface area contributed by atoms with Gasteiger partial charge in [-0.2, -0.15) is 0 Å². The van der Waals surface area contributed by atoms with Crippen molar-refractivity contribution in [2.45, 2.75) is 0 Å². The first-order valence-corrected chi connectivity index (χ1v) is 15.2. The van der Waals surface area contributed by atoms with E-state index in [1.807, 2.05) is 54.6 Å². The third kappa shape index (κ3) is 3.22. The Hall–Kier alpha value is -4.85. The minimum Gasteiger partial charge on any atom is -0.309 e. The summed E-state index contributed by atoms with van der Waals surface area (Å²) < 4.78 is 18.0. The molecule has 0 bridgehead atoms. The highest BCUT2D eigenvalue weighted by Crippen LogP contribution is 2.54. The summed E-state index contributed by atoms with van der Waals surface area (Å²) in [6, 6.07) is 52.0. The van der Waals surface area contributed by atoms with E-state index in [1.165, 1.54) is 10.8 Å². The Balaban J connectivity index is 1.48. The van der Waals surface area contributed by atoms with Crippen LogP contribution in [0.1, 0.15) is 0 Å². The van der Waals surface area contributed by atoms with Gasteiger partial charge in [0.15, 0.2) is 7.14 Å². The highest BCUT2D eigenvalue weighted by molar-refractivity contribution is 7.86. The van der Waals surface area contributed by atoms with Crippen LogP contribution in [0.3, 0.4) is 0 Å². The summed E-state index contributed by atoms with van der Waals surface area (Å²) in [5.74, 6) is 0. The number of aromatic nitrogens is 1. The molecule has 6 aromatic carbocycles. The minimum absolute atomic E-state index is 0.843. The third-order valence-electron chi connectivity index (χ3n) is 7.97. The van der Waals surface area contributed by atoms with Crippen molar-refractivity contribution < 1.29 is 4.57 Å². The largest absolute Gasteiger partial charge is 0.309 e. The van der Waals surface area contributed by atoms with Crippen molar-refractivity contribution in [3.8, 4) is 5.69 Å². The molecule has 1 aliphatic heterocycles. The smallest absolute Gasteiger partial charge is 0.175 e. The van der Waals surface area contributed by atoms with Gasteiger partial charge in [0.25, 0.3) is 0 Å². The van der Waals surface area contributed by atoms with E-state index in [9.17, 15) is 0 Å². The lowest BCUT2D eigenvalue weighted by Crippen LogP contribution is -2.36. The summed E-state index contributed by atoms with van der Waals surface area (Å²) in [6.45, 7) is 0. The lowest BCUT2D eigenvalue weighted by Gasteiger charge is -2.38. The zero-order valence-corrected chi connectivity index (χ0v) is 22.6. The molecular formula is C36H25N2OP. The summed E-state index contributed by atoms with van der Waals surface area (Å²) in [4.78, 5) is 2.25. The van der Waals surface area contributed by atoms with E-state index < -0.39 is 7.14 Å². The van der Waals surface area contributed by atoms with Crippen molar-refractivity contribution in [3.05, 3.63) is 152 Å². The highest BCUT2D eigenvalue weighted by Gasteiger charge is 2.41. The molecule has 4 heteroatoms. The van der Waals surface area contributed by atoms with E-state index >= 15 is 4.57 Å². The maximum atomic E-state index is 15.7. The Kier molecular flexibility index (Phi) is 5.10. The molecule has 1 atom stereocenters. The fourth-order valence-corrected chi connectivity index (χ4v) is 9.26. The molecule has 0 radical (unpaired) electrons. The van der Waals surface area contributed by atoms with Gasteiger partial charge in [0.2, 0.25) is 0 Å². The van der Waals surface area contributed by atoms with Gasteiger partial charge in [-0.05, 0) is 54.6 Å². The standard InChI is InChI=1S/C36H25N2OP/c39-40(28-15-5-2-6-16-28)35-22-12-11-21-33(35)37(26-13-3-1-4-14-26)34-24-23-27(25-36(34)40)38-31-19-9-7-17-29(31)30-18-8-10-20-32(30)38/h1-25H. The van der Waals surface area contributed by atoms with Crippen LogP contribution in [0.4, 0.5) is 17.1 Å². The predicted molar refractivity (Wildman–Crippen MR) is 168 cm³/mol. The van der Waals surface area contributed by atoms with Gasteiger partial charge in [0, 0.05) is 38.1 Å². The normalized spacial score (nSPS) is 16.1. The quantitative estimate of drug-likeness (QED) is 0.214. The summed E-state index contributed by atoms with van der Waals surface area (Å²) in [7, 11) is -3.21. The molecule has 1 aromatic heterocycles. The molecule has 8 rings (SSSR count). The van der Waals surface area contributed by atoms with Gasteiger partial charge in [-0.25, -0.2) is 0 Å². The molecular weight excluding hydrogens is 507 g/mol. The second-order valence-corrected chi connectivity index (χ2v) is 12.8. The van der Waals surface area contributed by atoms with Gasteiger partial charge in [0.05, 0.1) is 22.4 Å². The molecule has 0 fully saturated rings. The Morgan fingerprint density at radius 2 is 1.00 bits per heavy atom. The van der Waals surface area contributed by atoms with Crippen molar-refractivity contribution in [2.24, 2.45) is 0 Å². The van der Waals surface area contributed by atoms with Gasteiger partial charge in [0.1, 0.15) is 0 Å². The summed E-state index contributed by atoms with van der Waals surface area (Å²) in [5.41, 5.74) is 6.21. The molecule has 0 saturated carbocycles. The Bertz CT molecular complexity index is 2040. The average molecular weight is 533 g/mol. The molecule has 3 nitrogen and oxygen atoms in total. The number of hydrogen-bond donors (Lipinski definition) is 0. The number of para-hydroxylation sites is 4. The van der Waals surface area contributed by atoms with Gasteiger partial charge in [-0.3, -0.25) is 0 Å². The molecule has 1 unspecified atom stereocenters. The van der Waals surface area contributed by atoms with Crippen molar-refractivity contribution in [3.63, 3.8) is 0 Å². The number of anilines is 3. The molecule has 0 amide bonds. The van der Waals surface area contributed by atoms with E-state index in [2.05, 4.69) is 107 Å². The Morgan fingerprint density at radius 1 is 0.450 bits per heavy atom. The Labute approximate surface area is 232 Å². The first kappa shape index (κ1) is 23.1. The molecule has 190 valence electrons. The number of benzene rings is 6. The average Bonchev–Trinajstić information content (AvgIpc) is 3.36. The lowest BCUT2D eigenvalue weighted by atomic mass is 10.1. The van der Waals surface area contributed by atoms with E-state index in [0.717, 1.165) is 49.7 Å². The first-order chi connectivity index (χ1) is 19.7. The van der Waals surface area contributed by atoms with Crippen LogP contribution >= 0.6 is 7.14 Å². The third-order valence-corrected chi connectivity index (χ3v) is 11.1. The lowest BCUT2D eigenvalue weighted by molar-refractivity contribution is 0.592. The molecule has 7 aromatic rings. The van der Waals surface area contributed by atoms with Crippen molar-refractivity contribution in [1.29, 1.82) is 0 Å². The van der Waals surface area contributed by atoms with E-state index in [0.29, 0.717) is 0 Å². The van der Waals surface area contributed by atoms with Crippen LogP contribution in [0.25, 0.3) is 27.5 Å². The number of rotatable bonds is 3. The van der Waals surface area contributed by atoms with Crippen molar-refractivity contribution >= 4 is 61.9 Å². The molecule has 40 heavy (non-hydrogen) atoms. The number of hydrogen-bond acceptors (Lipinski definition) is 2. The maximum Gasteiger partial charge on any atom is 0.175 e. The van der Waals surface area contributed by atoms with Crippen LogP contribution in [-0.4, -0.2) is 4.57 Å². The monoisotopic (exact) mass is 532 g/mol. The van der Waals surface area contributed by atoms with Gasteiger partial charge in [-0.1, -0.05) is 97.1 Å². The predicted octanol–water partition coefficient (Wildman–Crippen LogP) is 8.21. The van der Waals surface area contributed by atoms with Gasteiger partial charge in [-0.15, -0.1) is 0 Å². The molecule has 2 heterocycles. The maximum absolute atomic E-state index is 15.7. The van der Waals surface area contributed by atoms with Crippen LogP contribution in [0.2, 0.25) is 0 Å². The zero-order valence-electron chi connectivity index (χ0n) is 21.7. The van der Waals surface area contributed by atoms with Crippen LogP contribution in [0.15, 0.2) is 152 Å². The van der Waals surface area contributed by atoms with Gasteiger partial charge < -0.3 is 14.0 Å². The van der Waals surface area contributed by atoms with Crippen molar-refractivity contribution in [2.75, 3.05) is 4.90 Å². The SMILES string of the molecule is O=P1(c2ccccc2)c2ccccc2N(c2ccccc2)c2ccc(-n3c4ccccc4c4ccccc43)cc21. The summed E-state index contributed by atoms with van der Waals surface area (Å²) in [6.07, 6.45) is 0. The fraction of sp³-hybridized carbons (Fsp3) is 0. The molecule has 0 spiro atoms. The first-order valence-electron chi connectivity index (χ1n) is 13.5. The number of fused-ring (bicyclic) bond motifs is 5. The second kappa shape index (κ2) is 8.84. The topological polar surface area (TPSA) is 25.2 Å². The zero-order chi connectivity index (χ0) is 26.7. The van der Waals surface area contributed by atoms with E-state index in [1.54, 1.807) is 0 Å². The van der Waals surface area contributed by atoms with Crippen LogP contribution in [0.5, 0.6) is 0 Å². The van der Waals surface area contributed by atoms with E-state index in [-0.39, 0.29) is 0 Å².